The van der Waals surface area contributed by atoms with Gasteiger partial charge in [0.25, 0.3) is 0 Å². The number of urea groups is 1. The number of fused-ring (bicyclic) bond motifs is 3. The van der Waals surface area contributed by atoms with E-state index in [2.05, 4.69) is 72.7 Å². The number of nitrogens with one attached hydrogen (secondary N) is 2. The van der Waals surface area contributed by atoms with Crippen LogP contribution in [0.5, 0.6) is 5.75 Å². The number of aryl methyl sites for hydroxylation is 2. The van der Waals surface area contributed by atoms with E-state index in [-0.39, 0.29) is 12.1 Å². The van der Waals surface area contributed by atoms with Crippen LogP contribution in [0.3, 0.4) is 0 Å². The zero-order chi connectivity index (χ0) is 22.9. The van der Waals surface area contributed by atoms with E-state index in [4.69, 9.17) is 4.74 Å². The zero-order valence-corrected chi connectivity index (χ0v) is 19.3. The molecular weight excluding hydrogens is 410 g/mol. The minimum Gasteiger partial charge on any atom is -0.497 e. The van der Waals surface area contributed by atoms with Crippen LogP contribution in [0.15, 0.2) is 66.7 Å². The second-order valence-electron chi connectivity index (χ2n) is 8.67. The fraction of sp³-hybridized carbons (Fsp3) is 0.250. The average Bonchev–Trinajstić information content (AvgIpc) is 3.22. The minimum absolute atomic E-state index is 0.0910. The molecule has 5 rings (SSSR count). The van der Waals surface area contributed by atoms with Crippen molar-refractivity contribution in [2.24, 2.45) is 0 Å². The van der Waals surface area contributed by atoms with Gasteiger partial charge in [0.05, 0.1) is 13.2 Å². The smallest absolute Gasteiger partial charge is 0.322 e. The van der Waals surface area contributed by atoms with Crippen LogP contribution in [0.2, 0.25) is 0 Å². The number of carbonyl (C=O) groups is 1. The van der Waals surface area contributed by atoms with Crippen molar-refractivity contribution in [3.8, 4) is 5.75 Å². The molecule has 1 atom stereocenters. The molecule has 2 N–H and O–H groups in total. The van der Waals surface area contributed by atoms with Gasteiger partial charge in [-0.3, -0.25) is 0 Å². The highest BCUT2D eigenvalue weighted by Crippen LogP contribution is 2.39. The summed E-state index contributed by atoms with van der Waals surface area (Å²) in [6, 6.07) is 22.4. The minimum atomic E-state index is -0.192. The molecule has 33 heavy (non-hydrogen) atoms. The average molecular weight is 440 g/mol. The van der Waals surface area contributed by atoms with Crippen molar-refractivity contribution < 1.29 is 9.53 Å². The summed E-state index contributed by atoms with van der Waals surface area (Å²) in [5.74, 6) is 0.840. The molecule has 1 unspecified atom stereocenters. The van der Waals surface area contributed by atoms with Gasteiger partial charge >= 0.3 is 6.03 Å². The van der Waals surface area contributed by atoms with Crippen molar-refractivity contribution in [1.29, 1.82) is 0 Å². The van der Waals surface area contributed by atoms with Crippen molar-refractivity contribution in [2.45, 2.75) is 32.7 Å². The largest absolute Gasteiger partial charge is 0.497 e. The lowest BCUT2D eigenvalue weighted by molar-refractivity contribution is 0.193. The number of ether oxygens (including phenoxy) is 1. The summed E-state index contributed by atoms with van der Waals surface area (Å²) in [6.07, 6.45) is 1.76. The van der Waals surface area contributed by atoms with Gasteiger partial charge in [0.15, 0.2) is 0 Å². The number of aromatic nitrogens is 1. The Morgan fingerprint density at radius 2 is 1.85 bits per heavy atom. The van der Waals surface area contributed by atoms with E-state index in [1.54, 1.807) is 7.11 Å². The Labute approximate surface area is 194 Å². The van der Waals surface area contributed by atoms with Crippen LogP contribution in [0.25, 0.3) is 10.9 Å². The molecule has 5 heteroatoms. The molecule has 5 nitrogen and oxygen atoms in total. The summed E-state index contributed by atoms with van der Waals surface area (Å²) in [5, 5.41) is 4.27. The normalized spacial score (nSPS) is 15.4. The van der Waals surface area contributed by atoms with Crippen LogP contribution >= 0.6 is 0 Å². The van der Waals surface area contributed by atoms with Crippen molar-refractivity contribution >= 4 is 22.6 Å². The van der Waals surface area contributed by atoms with Gasteiger partial charge in [-0.25, -0.2) is 4.79 Å². The van der Waals surface area contributed by atoms with Crippen LogP contribution in [0.4, 0.5) is 10.5 Å². The summed E-state index contributed by atoms with van der Waals surface area (Å²) in [6.45, 7) is 4.84. The maximum absolute atomic E-state index is 13.5. The van der Waals surface area contributed by atoms with Gasteiger partial charge in [-0.2, -0.15) is 0 Å². The number of rotatable bonds is 4. The van der Waals surface area contributed by atoms with Crippen LogP contribution in [0, 0.1) is 6.92 Å². The van der Waals surface area contributed by atoms with Crippen molar-refractivity contribution in [3.63, 3.8) is 0 Å². The highest BCUT2D eigenvalue weighted by Gasteiger charge is 2.34. The number of nitrogens with zero attached hydrogens (tertiary/aromatic N) is 1. The molecule has 3 aromatic carbocycles. The highest BCUT2D eigenvalue weighted by atomic mass is 16.5. The van der Waals surface area contributed by atoms with Gasteiger partial charge in [0.1, 0.15) is 5.75 Å². The molecule has 0 aliphatic carbocycles. The number of benzene rings is 3. The predicted octanol–water partition coefficient (Wildman–Crippen LogP) is 6.23. The lowest BCUT2D eigenvalue weighted by Crippen LogP contribution is -2.43. The number of methoxy groups -OCH3 is 1. The summed E-state index contributed by atoms with van der Waals surface area (Å²) in [4.78, 5) is 19.0. The van der Waals surface area contributed by atoms with Crippen molar-refractivity contribution in [2.75, 3.05) is 19.0 Å². The fourth-order valence-corrected chi connectivity index (χ4v) is 4.73. The Morgan fingerprint density at radius 1 is 1.09 bits per heavy atom. The molecule has 168 valence electrons. The predicted molar refractivity (Wildman–Crippen MR) is 133 cm³/mol. The van der Waals surface area contributed by atoms with Gasteiger partial charge in [-0.1, -0.05) is 48.9 Å². The lowest BCUT2D eigenvalue weighted by Gasteiger charge is -2.36. The molecule has 1 aliphatic heterocycles. The van der Waals surface area contributed by atoms with Crippen LogP contribution in [-0.2, 0) is 12.8 Å². The monoisotopic (exact) mass is 439 g/mol. The third kappa shape index (κ3) is 3.95. The highest BCUT2D eigenvalue weighted by molar-refractivity contribution is 5.92. The van der Waals surface area contributed by atoms with Crippen LogP contribution in [0.1, 0.15) is 40.9 Å². The Hall–Kier alpha value is -3.73. The van der Waals surface area contributed by atoms with E-state index in [0.29, 0.717) is 6.54 Å². The molecule has 0 radical (unpaired) electrons. The second kappa shape index (κ2) is 8.66. The molecule has 2 amide bonds. The molecule has 0 saturated carbocycles. The number of anilines is 1. The molecule has 2 heterocycles. The van der Waals surface area contributed by atoms with Gasteiger partial charge in [-0.15, -0.1) is 0 Å². The van der Waals surface area contributed by atoms with E-state index in [9.17, 15) is 4.79 Å². The summed E-state index contributed by atoms with van der Waals surface area (Å²) in [7, 11) is 1.69. The Kier molecular flexibility index (Phi) is 5.55. The molecular formula is C28H29N3O2. The van der Waals surface area contributed by atoms with Gasteiger partial charge in [-0.05, 0) is 66.8 Å². The first-order valence-electron chi connectivity index (χ1n) is 11.5. The second-order valence-corrected chi connectivity index (χ2v) is 8.67. The Morgan fingerprint density at radius 3 is 2.55 bits per heavy atom. The number of H-pyrrole nitrogens is 1. The number of hydrogen-bond acceptors (Lipinski definition) is 2. The quantitative estimate of drug-likeness (QED) is 0.396. The first kappa shape index (κ1) is 21.1. The first-order valence-corrected chi connectivity index (χ1v) is 11.5. The van der Waals surface area contributed by atoms with E-state index >= 15 is 0 Å². The van der Waals surface area contributed by atoms with Gasteiger partial charge in [0.2, 0.25) is 0 Å². The van der Waals surface area contributed by atoms with Crippen LogP contribution in [-0.4, -0.2) is 29.6 Å². The Bertz CT molecular complexity index is 1290. The third-order valence-electron chi connectivity index (χ3n) is 6.60. The maximum Gasteiger partial charge on any atom is 0.322 e. The molecule has 0 spiro atoms. The summed E-state index contributed by atoms with van der Waals surface area (Å²) in [5.41, 5.74) is 7.75. The standard InChI is InChI=1S/C28H29N3O2/c1-4-19-7-11-21(12-8-19)29-28(32)31-16-15-23-24-17-22(33-3)13-14-25(24)30-26(23)27(31)20-9-5-18(2)6-10-20/h5-14,17,27,30H,4,15-16H2,1-3H3,(H,29,32). The maximum atomic E-state index is 13.5. The van der Waals surface area contributed by atoms with Gasteiger partial charge < -0.3 is 19.9 Å². The number of carbonyl (C=O) groups excluding carboxylic acids is 1. The topological polar surface area (TPSA) is 57.4 Å². The van der Waals surface area contributed by atoms with Crippen molar-refractivity contribution in [3.05, 3.63) is 94.7 Å². The number of aromatic amines is 1. The molecule has 1 aromatic heterocycles. The summed E-state index contributed by atoms with van der Waals surface area (Å²) < 4.78 is 5.46. The summed E-state index contributed by atoms with van der Waals surface area (Å²) >= 11 is 0. The molecule has 0 bridgehead atoms. The van der Waals surface area contributed by atoms with Gasteiger partial charge in [0, 0.05) is 28.8 Å². The van der Waals surface area contributed by atoms with Crippen LogP contribution < -0.4 is 10.1 Å². The van der Waals surface area contributed by atoms with E-state index in [1.807, 2.05) is 23.1 Å². The van der Waals surface area contributed by atoms with E-state index < -0.39 is 0 Å². The first-order chi connectivity index (χ1) is 16.1. The fourth-order valence-electron chi connectivity index (χ4n) is 4.73. The molecule has 1 aliphatic rings. The van der Waals surface area contributed by atoms with Crippen molar-refractivity contribution in [1.82, 2.24) is 9.88 Å². The van der Waals surface area contributed by atoms with E-state index in [1.165, 1.54) is 16.7 Å². The molecule has 0 saturated heterocycles. The van der Waals surface area contributed by atoms with E-state index in [0.717, 1.165) is 46.4 Å². The molecule has 0 fully saturated rings. The lowest BCUT2D eigenvalue weighted by atomic mass is 9.92. The Balaban J connectivity index is 1.55. The number of amides is 2. The number of hydrogen-bond donors (Lipinski definition) is 2. The SMILES string of the molecule is CCc1ccc(NC(=O)N2CCc3c([nH]c4ccc(OC)cc34)C2c2ccc(C)cc2)cc1. The molecule has 4 aromatic rings. The third-order valence-corrected chi connectivity index (χ3v) is 6.60. The zero-order valence-electron chi connectivity index (χ0n) is 19.3.